The van der Waals surface area contributed by atoms with Crippen molar-refractivity contribution in [1.82, 2.24) is 10.2 Å². The summed E-state index contributed by atoms with van der Waals surface area (Å²) < 4.78 is 5.77. The van der Waals surface area contributed by atoms with E-state index < -0.39 is 0 Å². The number of hydrogen-bond acceptors (Lipinski definition) is 3. The quantitative estimate of drug-likeness (QED) is 0.887. The first-order chi connectivity index (χ1) is 8.95. The van der Waals surface area contributed by atoms with Gasteiger partial charge in [-0.1, -0.05) is 32.9 Å². The van der Waals surface area contributed by atoms with Gasteiger partial charge >= 0.3 is 0 Å². The van der Waals surface area contributed by atoms with Crippen molar-refractivity contribution in [2.75, 3.05) is 12.3 Å². The Morgan fingerprint density at radius 1 is 1.26 bits per heavy atom. The second kappa shape index (κ2) is 5.34. The van der Waals surface area contributed by atoms with Gasteiger partial charge in [0.1, 0.15) is 11.6 Å². The first-order valence-electron chi connectivity index (χ1n) is 6.48. The molecule has 0 saturated carbocycles. The zero-order valence-corrected chi connectivity index (χ0v) is 11.7. The van der Waals surface area contributed by atoms with Crippen molar-refractivity contribution in [1.29, 1.82) is 0 Å². The van der Waals surface area contributed by atoms with Crippen LogP contribution >= 0.6 is 0 Å². The molecule has 0 radical (unpaired) electrons. The molecule has 0 fully saturated rings. The maximum Gasteiger partial charge on any atom is 0.145 e. The van der Waals surface area contributed by atoms with E-state index in [9.17, 15) is 0 Å². The molecule has 2 aromatic rings. The second-order valence-electron chi connectivity index (χ2n) is 5.69. The average Bonchev–Trinajstić information content (AvgIpc) is 2.74. The van der Waals surface area contributed by atoms with Crippen LogP contribution in [0.5, 0.6) is 5.75 Å². The van der Waals surface area contributed by atoms with Crippen LogP contribution in [0.4, 0.5) is 5.82 Å². The predicted molar refractivity (Wildman–Crippen MR) is 77.3 cm³/mol. The minimum Gasteiger partial charge on any atom is -0.493 e. The summed E-state index contributed by atoms with van der Waals surface area (Å²) in [5.41, 5.74) is 7.95. The third-order valence-corrected chi connectivity index (χ3v) is 2.99. The summed E-state index contributed by atoms with van der Waals surface area (Å²) in [6, 6.07) is 10.1. The number of rotatable bonds is 4. The summed E-state index contributed by atoms with van der Waals surface area (Å²) in [5.74, 6) is 1.42. The Bertz CT molecular complexity index is 540. The molecule has 0 amide bonds. The van der Waals surface area contributed by atoms with Crippen molar-refractivity contribution in [3.05, 3.63) is 41.6 Å². The number of anilines is 1. The van der Waals surface area contributed by atoms with Gasteiger partial charge in [-0.05, 0) is 23.1 Å². The lowest BCUT2D eigenvalue weighted by Gasteiger charge is -2.19. The van der Waals surface area contributed by atoms with E-state index in [0.717, 1.165) is 17.9 Å². The zero-order chi connectivity index (χ0) is 13.9. The molecule has 19 heavy (non-hydrogen) atoms. The maximum absolute atomic E-state index is 5.77. The van der Waals surface area contributed by atoms with Gasteiger partial charge in [-0.25, -0.2) is 0 Å². The molecule has 0 atom stereocenters. The van der Waals surface area contributed by atoms with Crippen LogP contribution in [0.1, 0.15) is 32.0 Å². The van der Waals surface area contributed by atoms with Crippen molar-refractivity contribution >= 4 is 5.82 Å². The number of hydrogen-bond donors (Lipinski definition) is 2. The van der Waals surface area contributed by atoms with Crippen molar-refractivity contribution in [2.24, 2.45) is 0 Å². The van der Waals surface area contributed by atoms with Gasteiger partial charge in [-0.15, -0.1) is 0 Å². The van der Waals surface area contributed by atoms with Gasteiger partial charge in [0, 0.05) is 18.2 Å². The van der Waals surface area contributed by atoms with Gasteiger partial charge in [0.15, 0.2) is 0 Å². The summed E-state index contributed by atoms with van der Waals surface area (Å²) in [6.45, 7) is 7.19. The molecule has 1 heterocycles. The number of benzene rings is 1. The normalized spacial score (nSPS) is 11.5. The molecule has 3 N–H and O–H groups in total. The largest absolute Gasteiger partial charge is 0.493 e. The minimum atomic E-state index is 0.136. The van der Waals surface area contributed by atoms with Gasteiger partial charge < -0.3 is 10.5 Å². The first kappa shape index (κ1) is 13.5. The Kier molecular flexibility index (Phi) is 3.79. The molecule has 0 spiro atoms. The standard InChI is InChI=1S/C15H21N3O/c1-15(2,3)11-5-4-6-13(9-11)19-8-7-12-10-14(16)18-17-12/h4-6,9-10H,7-8H2,1-3H3,(H3,16,17,18). The fourth-order valence-electron chi connectivity index (χ4n) is 1.84. The Hall–Kier alpha value is -1.97. The van der Waals surface area contributed by atoms with Crippen LogP contribution in [0.3, 0.4) is 0 Å². The molecule has 0 saturated heterocycles. The van der Waals surface area contributed by atoms with Crippen molar-refractivity contribution in [2.45, 2.75) is 32.6 Å². The van der Waals surface area contributed by atoms with Gasteiger partial charge in [-0.2, -0.15) is 5.10 Å². The topological polar surface area (TPSA) is 63.9 Å². The highest BCUT2D eigenvalue weighted by molar-refractivity contribution is 5.32. The number of H-pyrrole nitrogens is 1. The summed E-state index contributed by atoms with van der Waals surface area (Å²) in [6.07, 6.45) is 0.768. The molecule has 2 rings (SSSR count). The molecule has 0 aliphatic rings. The fraction of sp³-hybridized carbons (Fsp3) is 0.400. The highest BCUT2D eigenvalue weighted by Crippen LogP contribution is 2.25. The number of nitrogens with one attached hydrogen (secondary N) is 1. The SMILES string of the molecule is CC(C)(C)c1cccc(OCCc2cc(N)n[nH]2)c1. The summed E-state index contributed by atoms with van der Waals surface area (Å²) in [4.78, 5) is 0. The molecule has 0 aliphatic heterocycles. The predicted octanol–water partition coefficient (Wildman–Crippen LogP) is 2.91. The highest BCUT2D eigenvalue weighted by Gasteiger charge is 2.13. The Morgan fingerprint density at radius 2 is 2.05 bits per heavy atom. The van der Waals surface area contributed by atoms with Gasteiger partial charge in [0.25, 0.3) is 0 Å². The van der Waals surface area contributed by atoms with Crippen molar-refractivity contribution < 1.29 is 4.74 Å². The molecule has 0 bridgehead atoms. The summed E-state index contributed by atoms with van der Waals surface area (Å²) in [5, 5.41) is 6.76. The lowest BCUT2D eigenvalue weighted by Crippen LogP contribution is -2.11. The molecule has 4 nitrogen and oxygen atoms in total. The smallest absolute Gasteiger partial charge is 0.145 e. The number of aromatic amines is 1. The molecule has 0 unspecified atom stereocenters. The van der Waals surface area contributed by atoms with Gasteiger partial charge in [-0.3, -0.25) is 5.10 Å². The van der Waals surface area contributed by atoms with E-state index in [4.69, 9.17) is 10.5 Å². The van der Waals surface area contributed by atoms with Crippen LogP contribution in [0.15, 0.2) is 30.3 Å². The Labute approximate surface area is 114 Å². The average molecular weight is 259 g/mol. The van der Waals surface area contributed by atoms with Crippen LogP contribution in [-0.2, 0) is 11.8 Å². The van der Waals surface area contributed by atoms with Crippen LogP contribution in [-0.4, -0.2) is 16.8 Å². The van der Waals surface area contributed by atoms with Crippen LogP contribution in [0.2, 0.25) is 0 Å². The number of aromatic nitrogens is 2. The molecule has 0 aliphatic carbocycles. The molecule has 102 valence electrons. The van der Waals surface area contributed by atoms with E-state index in [-0.39, 0.29) is 5.41 Å². The first-order valence-corrected chi connectivity index (χ1v) is 6.48. The number of nitrogens with zero attached hydrogens (tertiary/aromatic N) is 1. The van der Waals surface area contributed by atoms with Gasteiger partial charge in [0.2, 0.25) is 0 Å². The third kappa shape index (κ3) is 3.74. The molecular formula is C15H21N3O. The van der Waals surface area contributed by atoms with E-state index >= 15 is 0 Å². The molecule has 4 heteroatoms. The van der Waals surface area contributed by atoms with Crippen LogP contribution in [0.25, 0.3) is 0 Å². The Morgan fingerprint density at radius 3 is 2.68 bits per heavy atom. The number of ether oxygens (including phenoxy) is 1. The second-order valence-corrected chi connectivity index (χ2v) is 5.69. The lowest BCUT2D eigenvalue weighted by molar-refractivity contribution is 0.319. The van der Waals surface area contributed by atoms with E-state index in [0.29, 0.717) is 12.4 Å². The van der Waals surface area contributed by atoms with Gasteiger partial charge in [0.05, 0.1) is 6.61 Å². The van der Waals surface area contributed by atoms with E-state index in [1.54, 1.807) is 0 Å². The lowest BCUT2D eigenvalue weighted by atomic mass is 9.87. The number of nitrogen functional groups attached to an aromatic ring is 1. The van der Waals surface area contributed by atoms with E-state index in [1.807, 2.05) is 18.2 Å². The highest BCUT2D eigenvalue weighted by atomic mass is 16.5. The molecular weight excluding hydrogens is 238 g/mol. The molecule has 1 aromatic carbocycles. The van der Waals surface area contributed by atoms with E-state index in [1.165, 1.54) is 5.56 Å². The van der Waals surface area contributed by atoms with Crippen molar-refractivity contribution in [3.63, 3.8) is 0 Å². The van der Waals surface area contributed by atoms with Crippen molar-refractivity contribution in [3.8, 4) is 5.75 Å². The monoisotopic (exact) mass is 259 g/mol. The number of nitrogens with two attached hydrogens (primary N) is 1. The minimum absolute atomic E-state index is 0.136. The van der Waals surface area contributed by atoms with Crippen LogP contribution < -0.4 is 10.5 Å². The fourth-order valence-corrected chi connectivity index (χ4v) is 1.84. The van der Waals surface area contributed by atoms with Crippen LogP contribution in [0, 0.1) is 0 Å². The third-order valence-electron chi connectivity index (χ3n) is 2.99. The summed E-state index contributed by atoms with van der Waals surface area (Å²) >= 11 is 0. The summed E-state index contributed by atoms with van der Waals surface area (Å²) in [7, 11) is 0. The maximum atomic E-state index is 5.77. The van der Waals surface area contributed by atoms with E-state index in [2.05, 4.69) is 43.1 Å². The zero-order valence-electron chi connectivity index (χ0n) is 11.7. The Balaban J connectivity index is 1.93. The molecule has 1 aromatic heterocycles.